The molecule has 19 heavy (non-hydrogen) atoms. The molecular formula is C13H19N3O3. The molecule has 0 atom stereocenters. The molecule has 1 amide bonds. The lowest BCUT2D eigenvalue weighted by Crippen LogP contribution is -2.33. The Morgan fingerprint density at radius 2 is 2.16 bits per heavy atom. The Labute approximate surface area is 111 Å². The van der Waals surface area contributed by atoms with Crippen LogP contribution in [0.25, 0.3) is 0 Å². The van der Waals surface area contributed by atoms with Crippen molar-refractivity contribution >= 4 is 17.7 Å². The van der Waals surface area contributed by atoms with Crippen LogP contribution in [0.1, 0.15) is 39.0 Å². The van der Waals surface area contributed by atoms with Crippen LogP contribution < -0.4 is 5.32 Å². The molecule has 0 aromatic carbocycles. The quantitative estimate of drug-likeness (QED) is 0.851. The van der Waals surface area contributed by atoms with Crippen molar-refractivity contribution in [3.05, 3.63) is 12.3 Å². The topological polar surface area (TPSA) is 84.2 Å². The van der Waals surface area contributed by atoms with E-state index in [9.17, 15) is 9.59 Å². The van der Waals surface area contributed by atoms with Crippen LogP contribution in [0.15, 0.2) is 12.3 Å². The molecule has 2 rings (SSSR count). The van der Waals surface area contributed by atoms with Gasteiger partial charge in [-0.1, -0.05) is 19.8 Å². The first kappa shape index (κ1) is 13.6. The van der Waals surface area contributed by atoms with E-state index >= 15 is 0 Å². The number of rotatable bonds is 5. The lowest BCUT2D eigenvalue weighted by molar-refractivity contribution is -0.137. The number of aliphatic carboxylic acids is 1. The molecule has 104 valence electrons. The number of carboxylic acids is 1. The second-order valence-electron chi connectivity index (χ2n) is 5.09. The van der Waals surface area contributed by atoms with Crippen LogP contribution in [-0.4, -0.2) is 26.8 Å². The summed E-state index contributed by atoms with van der Waals surface area (Å²) in [5.74, 6) is -0.527. The number of carboxylic acid groups (broad SMARTS) is 1. The van der Waals surface area contributed by atoms with E-state index in [1.807, 2.05) is 6.92 Å². The number of hydrogen-bond donors (Lipinski definition) is 2. The Kier molecular flexibility index (Phi) is 3.87. The summed E-state index contributed by atoms with van der Waals surface area (Å²) in [7, 11) is 0. The molecule has 0 unspecified atom stereocenters. The van der Waals surface area contributed by atoms with Crippen molar-refractivity contribution in [1.29, 1.82) is 0 Å². The highest BCUT2D eigenvalue weighted by Crippen LogP contribution is 2.41. The van der Waals surface area contributed by atoms with Gasteiger partial charge in [-0.05, 0) is 19.3 Å². The summed E-state index contributed by atoms with van der Waals surface area (Å²) in [6, 6.07) is 1.62. The van der Waals surface area contributed by atoms with E-state index < -0.39 is 5.97 Å². The molecule has 1 aromatic heterocycles. The molecule has 1 heterocycles. The van der Waals surface area contributed by atoms with Crippen molar-refractivity contribution in [2.45, 2.75) is 45.6 Å². The number of nitrogens with one attached hydrogen (secondary N) is 1. The number of aromatic nitrogens is 2. The first-order valence-electron chi connectivity index (χ1n) is 6.62. The fourth-order valence-electron chi connectivity index (χ4n) is 2.70. The van der Waals surface area contributed by atoms with Gasteiger partial charge in [-0.3, -0.25) is 14.3 Å². The van der Waals surface area contributed by atoms with Gasteiger partial charge in [0.2, 0.25) is 5.91 Å². The standard InChI is InChI=1S/C13H19N3O3/c1-2-13(6-3-4-7-13)12(19)14-10-5-8-16(15-10)9-11(17)18/h5,8H,2-4,6-7,9H2,1H3,(H,17,18)(H,14,15,19). The van der Waals surface area contributed by atoms with Gasteiger partial charge in [0.25, 0.3) is 0 Å². The van der Waals surface area contributed by atoms with Crippen LogP contribution in [0, 0.1) is 5.41 Å². The summed E-state index contributed by atoms with van der Waals surface area (Å²) in [5.41, 5.74) is -0.267. The average molecular weight is 265 g/mol. The molecule has 6 nitrogen and oxygen atoms in total. The Bertz CT molecular complexity index is 475. The third-order valence-electron chi connectivity index (χ3n) is 3.90. The second kappa shape index (κ2) is 5.42. The minimum absolute atomic E-state index is 0.00748. The molecule has 1 aliphatic carbocycles. The molecule has 1 aromatic rings. The number of hydrogen-bond acceptors (Lipinski definition) is 3. The second-order valence-corrected chi connectivity index (χ2v) is 5.09. The van der Waals surface area contributed by atoms with Crippen molar-refractivity contribution in [1.82, 2.24) is 9.78 Å². The SMILES string of the molecule is CCC1(C(=O)Nc2ccn(CC(=O)O)n2)CCCC1. The molecule has 1 fully saturated rings. The van der Waals surface area contributed by atoms with Crippen molar-refractivity contribution in [3.63, 3.8) is 0 Å². The van der Waals surface area contributed by atoms with Crippen LogP contribution in [0.2, 0.25) is 0 Å². The normalized spacial score (nSPS) is 17.3. The number of carbonyl (C=O) groups is 2. The highest BCUT2D eigenvalue weighted by Gasteiger charge is 2.39. The van der Waals surface area contributed by atoms with Gasteiger partial charge in [-0.15, -0.1) is 0 Å². The van der Waals surface area contributed by atoms with E-state index in [2.05, 4.69) is 10.4 Å². The maximum Gasteiger partial charge on any atom is 0.325 e. The first-order valence-corrected chi connectivity index (χ1v) is 6.62. The average Bonchev–Trinajstić information content (AvgIpc) is 2.98. The summed E-state index contributed by atoms with van der Waals surface area (Å²) < 4.78 is 1.30. The predicted octanol–water partition coefficient (Wildman–Crippen LogP) is 1.88. The van der Waals surface area contributed by atoms with Crippen LogP contribution >= 0.6 is 0 Å². The molecule has 6 heteroatoms. The molecule has 2 N–H and O–H groups in total. The summed E-state index contributed by atoms with van der Waals surface area (Å²) in [6.45, 7) is 1.84. The largest absolute Gasteiger partial charge is 0.480 e. The fourth-order valence-corrected chi connectivity index (χ4v) is 2.70. The summed E-state index contributed by atoms with van der Waals surface area (Å²) >= 11 is 0. The zero-order chi connectivity index (χ0) is 13.9. The van der Waals surface area contributed by atoms with E-state index in [1.165, 1.54) is 4.68 Å². The lowest BCUT2D eigenvalue weighted by atomic mass is 9.82. The number of anilines is 1. The Morgan fingerprint density at radius 3 is 2.74 bits per heavy atom. The molecular weight excluding hydrogens is 246 g/mol. The maximum atomic E-state index is 12.3. The summed E-state index contributed by atoms with van der Waals surface area (Å²) in [5, 5.41) is 15.5. The van der Waals surface area contributed by atoms with Crippen LogP contribution in [0.5, 0.6) is 0 Å². The monoisotopic (exact) mass is 265 g/mol. The van der Waals surface area contributed by atoms with Gasteiger partial charge in [0.15, 0.2) is 5.82 Å². The zero-order valence-corrected chi connectivity index (χ0v) is 11.1. The highest BCUT2D eigenvalue weighted by atomic mass is 16.4. The fraction of sp³-hybridized carbons (Fsp3) is 0.615. The molecule has 0 aliphatic heterocycles. The van der Waals surface area contributed by atoms with Gasteiger partial charge < -0.3 is 10.4 Å². The van der Waals surface area contributed by atoms with Gasteiger partial charge >= 0.3 is 5.97 Å². The van der Waals surface area contributed by atoms with Gasteiger partial charge in [-0.25, -0.2) is 0 Å². The molecule has 0 spiro atoms. The number of nitrogens with zero attached hydrogens (tertiary/aromatic N) is 2. The molecule has 1 saturated carbocycles. The molecule has 1 aliphatic rings. The van der Waals surface area contributed by atoms with Gasteiger partial charge in [0, 0.05) is 17.7 Å². The summed E-state index contributed by atoms with van der Waals surface area (Å²) in [6.07, 6.45) is 6.41. The maximum absolute atomic E-state index is 12.3. The first-order chi connectivity index (χ1) is 9.05. The van der Waals surface area contributed by atoms with E-state index in [-0.39, 0.29) is 17.9 Å². The predicted molar refractivity (Wildman–Crippen MR) is 69.7 cm³/mol. The van der Waals surface area contributed by atoms with Crippen LogP contribution in [-0.2, 0) is 16.1 Å². The van der Waals surface area contributed by atoms with Crippen molar-refractivity contribution in [2.24, 2.45) is 5.41 Å². The van der Waals surface area contributed by atoms with Crippen molar-refractivity contribution in [3.8, 4) is 0 Å². The lowest BCUT2D eigenvalue weighted by Gasteiger charge is -2.25. The van der Waals surface area contributed by atoms with E-state index in [1.54, 1.807) is 12.3 Å². The van der Waals surface area contributed by atoms with E-state index in [0.29, 0.717) is 5.82 Å². The number of carbonyl (C=O) groups excluding carboxylic acids is 1. The molecule has 0 radical (unpaired) electrons. The number of amides is 1. The smallest absolute Gasteiger partial charge is 0.325 e. The van der Waals surface area contributed by atoms with Crippen molar-refractivity contribution < 1.29 is 14.7 Å². The van der Waals surface area contributed by atoms with Gasteiger partial charge in [-0.2, -0.15) is 5.10 Å². The van der Waals surface area contributed by atoms with Gasteiger partial charge in [0.05, 0.1) is 0 Å². The summed E-state index contributed by atoms with van der Waals surface area (Å²) in [4.78, 5) is 22.9. The van der Waals surface area contributed by atoms with Crippen LogP contribution in [0.4, 0.5) is 5.82 Å². The minimum Gasteiger partial charge on any atom is -0.480 e. The third-order valence-corrected chi connectivity index (χ3v) is 3.90. The van der Waals surface area contributed by atoms with Crippen LogP contribution in [0.3, 0.4) is 0 Å². The Balaban J connectivity index is 2.02. The molecule has 0 saturated heterocycles. The zero-order valence-electron chi connectivity index (χ0n) is 11.1. The Morgan fingerprint density at radius 1 is 1.47 bits per heavy atom. The third kappa shape index (κ3) is 2.94. The Hall–Kier alpha value is -1.85. The van der Waals surface area contributed by atoms with E-state index in [0.717, 1.165) is 32.1 Å². The minimum atomic E-state index is -0.957. The van der Waals surface area contributed by atoms with Crippen molar-refractivity contribution in [2.75, 3.05) is 5.32 Å². The molecule has 0 bridgehead atoms. The van der Waals surface area contributed by atoms with E-state index in [4.69, 9.17) is 5.11 Å². The highest BCUT2D eigenvalue weighted by molar-refractivity contribution is 5.94. The van der Waals surface area contributed by atoms with Gasteiger partial charge in [0.1, 0.15) is 6.54 Å².